The maximum atomic E-state index is 13.6. The van der Waals surface area contributed by atoms with Crippen molar-refractivity contribution < 1.29 is 14.3 Å². The maximum Gasteiger partial charge on any atom is 0.282 e. The van der Waals surface area contributed by atoms with Crippen molar-refractivity contribution in [2.75, 3.05) is 17.3 Å². The van der Waals surface area contributed by atoms with Crippen molar-refractivity contribution in [3.05, 3.63) is 94.1 Å². The zero-order chi connectivity index (χ0) is 22.1. The lowest BCUT2D eigenvalue weighted by molar-refractivity contribution is -0.120. The Labute approximate surface area is 185 Å². The molecule has 156 valence electrons. The monoisotopic (exact) mass is 432 g/mol. The molecule has 2 amide bonds. The Hall–Kier alpha value is -3.57. The van der Waals surface area contributed by atoms with E-state index in [1.807, 2.05) is 44.2 Å². The fourth-order valence-corrected chi connectivity index (χ4v) is 3.74. The van der Waals surface area contributed by atoms with Crippen LogP contribution in [0.2, 0.25) is 5.02 Å². The molecule has 1 aliphatic rings. The molecule has 0 atom stereocenters. The summed E-state index contributed by atoms with van der Waals surface area (Å²) in [5.74, 6) is -0.386. The molecule has 0 bridgehead atoms. The number of amides is 2. The molecule has 0 saturated carbocycles. The van der Waals surface area contributed by atoms with Gasteiger partial charge in [-0.15, -0.1) is 0 Å². The number of nitrogens with zero attached hydrogens (tertiary/aromatic N) is 1. The van der Waals surface area contributed by atoms with E-state index < -0.39 is 11.8 Å². The van der Waals surface area contributed by atoms with Crippen molar-refractivity contribution in [2.45, 2.75) is 13.8 Å². The molecule has 0 unspecified atom stereocenters. The predicted octanol–water partition coefficient (Wildman–Crippen LogP) is 5.36. The van der Waals surface area contributed by atoms with Crippen LogP contribution in [0.3, 0.4) is 0 Å². The van der Waals surface area contributed by atoms with Gasteiger partial charge in [0.2, 0.25) is 0 Å². The number of carbonyl (C=O) groups is 2. The summed E-state index contributed by atoms with van der Waals surface area (Å²) >= 11 is 6.27. The highest BCUT2D eigenvalue weighted by Crippen LogP contribution is 2.38. The highest BCUT2D eigenvalue weighted by molar-refractivity contribution is 6.46. The minimum atomic E-state index is -0.452. The minimum absolute atomic E-state index is 0.191. The average Bonchev–Trinajstić information content (AvgIpc) is 2.99. The lowest BCUT2D eigenvalue weighted by Gasteiger charge is -2.16. The molecule has 31 heavy (non-hydrogen) atoms. The van der Waals surface area contributed by atoms with Gasteiger partial charge in [0.1, 0.15) is 11.4 Å². The van der Waals surface area contributed by atoms with Gasteiger partial charge in [0, 0.05) is 16.3 Å². The fourth-order valence-electron chi connectivity index (χ4n) is 3.57. The van der Waals surface area contributed by atoms with Crippen LogP contribution in [0, 0.1) is 13.8 Å². The van der Waals surface area contributed by atoms with Crippen molar-refractivity contribution >= 4 is 40.4 Å². The van der Waals surface area contributed by atoms with Crippen molar-refractivity contribution in [1.29, 1.82) is 0 Å². The van der Waals surface area contributed by atoms with Gasteiger partial charge in [-0.05, 0) is 55.3 Å². The summed E-state index contributed by atoms with van der Waals surface area (Å²) in [6.07, 6.45) is 0. The smallest absolute Gasteiger partial charge is 0.282 e. The predicted molar refractivity (Wildman–Crippen MR) is 123 cm³/mol. The first-order chi connectivity index (χ1) is 14.9. The Morgan fingerprint density at radius 2 is 1.68 bits per heavy atom. The zero-order valence-electron chi connectivity index (χ0n) is 17.4. The van der Waals surface area contributed by atoms with E-state index in [2.05, 4.69) is 5.32 Å². The number of methoxy groups -OCH3 is 1. The molecule has 1 heterocycles. The van der Waals surface area contributed by atoms with E-state index in [1.54, 1.807) is 36.4 Å². The van der Waals surface area contributed by atoms with Gasteiger partial charge in [-0.2, -0.15) is 0 Å². The molecular weight excluding hydrogens is 412 g/mol. The number of halogens is 1. The number of aryl methyl sites for hydroxylation is 2. The number of nitrogens with one attached hydrogen (secondary N) is 1. The van der Waals surface area contributed by atoms with Crippen molar-refractivity contribution in [2.24, 2.45) is 0 Å². The third-order valence-corrected chi connectivity index (χ3v) is 5.57. The van der Waals surface area contributed by atoms with Gasteiger partial charge in [-0.3, -0.25) is 9.59 Å². The highest BCUT2D eigenvalue weighted by Gasteiger charge is 2.41. The van der Waals surface area contributed by atoms with Gasteiger partial charge in [0.15, 0.2) is 0 Å². The molecule has 3 aromatic rings. The van der Waals surface area contributed by atoms with Crippen molar-refractivity contribution in [1.82, 2.24) is 0 Å². The molecule has 4 rings (SSSR count). The first kappa shape index (κ1) is 20.7. The van der Waals surface area contributed by atoms with Crippen LogP contribution in [-0.2, 0) is 9.59 Å². The summed E-state index contributed by atoms with van der Waals surface area (Å²) in [6.45, 7) is 3.83. The Kier molecular flexibility index (Phi) is 5.53. The second-order valence-corrected chi connectivity index (χ2v) is 7.73. The zero-order valence-corrected chi connectivity index (χ0v) is 18.2. The molecule has 0 spiro atoms. The number of hydrogen-bond donors (Lipinski definition) is 1. The van der Waals surface area contributed by atoms with E-state index in [1.165, 1.54) is 7.11 Å². The molecule has 0 aromatic heterocycles. The number of carbonyl (C=O) groups excluding carboxylic acids is 2. The Morgan fingerprint density at radius 3 is 2.39 bits per heavy atom. The molecule has 0 saturated heterocycles. The molecule has 6 heteroatoms. The third-order valence-electron chi connectivity index (χ3n) is 5.16. The lowest BCUT2D eigenvalue weighted by Crippen LogP contribution is -2.32. The van der Waals surface area contributed by atoms with Crippen LogP contribution in [-0.4, -0.2) is 18.9 Å². The highest BCUT2D eigenvalue weighted by atomic mass is 35.5. The first-order valence-corrected chi connectivity index (χ1v) is 10.1. The number of benzene rings is 3. The molecule has 0 fully saturated rings. The molecule has 0 aliphatic carbocycles. The third kappa shape index (κ3) is 3.80. The topological polar surface area (TPSA) is 58.6 Å². The SMILES string of the molecule is COc1ccccc1C1=C(Nc2cccc(C)c2)C(=O)N(c2ccc(C)c(Cl)c2)C1=O. The number of hydrogen-bond acceptors (Lipinski definition) is 4. The largest absolute Gasteiger partial charge is 0.496 e. The van der Waals surface area contributed by atoms with Crippen LogP contribution >= 0.6 is 11.6 Å². The second kappa shape index (κ2) is 8.28. The quantitative estimate of drug-likeness (QED) is 0.551. The van der Waals surface area contributed by atoms with Gasteiger partial charge >= 0.3 is 0 Å². The van der Waals surface area contributed by atoms with E-state index >= 15 is 0 Å². The van der Waals surface area contributed by atoms with Crippen LogP contribution in [0.15, 0.2) is 72.4 Å². The van der Waals surface area contributed by atoms with Crippen LogP contribution in [0.4, 0.5) is 11.4 Å². The fraction of sp³-hybridized carbons (Fsp3) is 0.120. The normalized spacial score (nSPS) is 13.7. The molecule has 3 aromatic carbocycles. The standard InChI is InChI=1S/C25H21ClN2O3/c1-15-7-6-8-17(13-15)27-23-22(19-9-4-5-10-21(19)31-3)24(29)28(25(23)30)18-12-11-16(2)20(26)14-18/h4-14,27H,1-3H3. The van der Waals surface area contributed by atoms with Gasteiger partial charge < -0.3 is 10.1 Å². The van der Waals surface area contributed by atoms with Crippen molar-refractivity contribution in [3.8, 4) is 5.75 Å². The summed E-state index contributed by atoms with van der Waals surface area (Å²) in [4.78, 5) is 28.2. The van der Waals surface area contributed by atoms with Crippen LogP contribution in [0.25, 0.3) is 5.57 Å². The van der Waals surface area contributed by atoms with E-state index in [-0.39, 0.29) is 11.3 Å². The van der Waals surface area contributed by atoms with E-state index in [0.29, 0.717) is 27.7 Å². The van der Waals surface area contributed by atoms with Crippen LogP contribution in [0.5, 0.6) is 5.75 Å². The number of para-hydroxylation sites is 1. The van der Waals surface area contributed by atoms with Gasteiger partial charge in [-0.25, -0.2) is 4.90 Å². The van der Waals surface area contributed by atoms with Gasteiger partial charge in [0.25, 0.3) is 11.8 Å². The lowest BCUT2D eigenvalue weighted by atomic mass is 10.0. The maximum absolute atomic E-state index is 13.6. The number of rotatable bonds is 5. The summed E-state index contributed by atoms with van der Waals surface area (Å²) in [5, 5.41) is 3.65. The Bertz CT molecular complexity index is 1230. The number of ether oxygens (including phenoxy) is 1. The average molecular weight is 433 g/mol. The Morgan fingerprint density at radius 1 is 0.903 bits per heavy atom. The summed E-state index contributed by atoms with van der Waals surface area (Å²) in [6, 6.07) is 19.9. The molecule has 0 radical (unpaired) electrons. The first-order valence-electron chi connectivity index (χ1n) is 9.77. The second-order valence-electron chi connectivity index (χ2n) is 7.32. The number of anilines is 2. The van der Waals surface area contributed by atoms with Gasteiger partial charge in [-0.1, -0.05) is 48.0 Å². The molecule has 5 nitrogen and oxygen atoms in total. The molecule has 1 aliphatic heterocycles. The summed E-state index contributed by atoms with van der Waals surface area (Å²) in [7, 11) is 1.53. The number of imide groups is 1. The van der Waals surface area contributed by atoms with Gasteiger partial charge in [0.05, 0.1) is 18.4 Å². The summed E-state index contributed by atoms with van der Waals surface area (Å²) < 4.78 is 5.47. The Balaban J connectivity index is 1.87. The van der Waals surface area contributed by atoms with Crippen LogP contribution in [0.1, 0.15) is 16.7 Å². The molecular formula is C25H21ClN2O3. The van der Waals surface area contributed by atoms with Crippen LogP contribution < -0.4 is 15.0 Å². The minimum Gasteiger partial charge on any atom is -0.496 e. The van der Waals surface area contributed by atoms with Crippen molar-refractivity contribution in [3.63, 3.8) is 0 Å². The van der Waals surface area contributed by atoms with E-state index in [9.17, 15) is 9.59 Å². The van der Waals surface area contributed by atoms with E-state index in [0.717, 1.165) is 16.0 Å². The van der Waals surface area contributed by atoms with E-state index in [4.69, 9.17) is 16.3 Å². The summed E-state index contributed by atoms with van der Waals surface area (Å²) in [5.41, 5.74) is 4.01. The molecule has 1 N–H and O–H groups in total.